The van der Waals surface area contributed by atoms with E-state index in [0.29, 0.717) is 19.3 Å². The molecular weight excluding hydrogens is 1390 g/mol. The fraction of sp³-hybridized carbons (Fsp3) is 0.764. The SMILES string of the molecule is CC/C=C\C/C=C\C/C=C\C/C=C\C/C=C\CCCCCCCCCCCCCCCCCCCC(=O)OCC(O)COP(=O)(O)OCC(O)COP(=O)(O)OCC(COC(=O)CCCCCCCCCCCCC/C=C\C/C=C\C/C=C\C/C=C\CCCCC)OC(=O)CCCCCCCCCCCCC. The van der Waals surface area contributed by atoms with Crippen LogP contribution >= 0.6 is 15.6 Å². The van der Waals surface area contributed by atoms with Gasteiger partial charge in [0.1, 0.15) is 25.4 Å². The molecular formula is C89H158O16P2. The molecule has 0 aliphatic heterocycles. The standard InChI is InChI=1S/C89H158O16P2/c1-4-7-10-13-16-19-22-24-26-28-30-32-34-36-38-39-40-41-42-43-45-47-48-50-52-54-56-58-61-63-66-69-72-75-87(92)99-78-84(90)79-101-106(95,96)102-80-85(91)81-103-107(97,98)104-83-86(105-89(94)77-74-71-68-65-60-21-18-15-12-9-6-3)82-100-88(93)76-73-70-67-64-62-59-57-55-53-51-49-46-44-37-35-33-31-29-27-25-23-20-17-14-11-8-5-2/h7,10,16-17,19-20,24-27,30-33,36-38,44,84-86,90-91H,4-6,8-9,11-15,18,21-23,28-29,34-35,39-43,45-83H2,1-3H3,(H,95,96)(H,97,98)/b10-7-,19-16-,20-17-,26-24-,27-25-,32-30-,33-31-,38-36-,44-37-. The number of allylic oxidation sites excluding steroid dienone is 18. The minimum atomic E-state index is -4.93. The molecule has 0 fully saturated rings. The highest BCUT2D eigenvalue weighted by atomic mass is 31.2. The van der Waals surface area contributed by atoms with Gasteiger partial charge >= 0.3 is 33.6 Å². The molecule has 5 atom stereocenters. The van der Waals surface area contributed by atoms with E-state index in [1.807, 2.05) is 0 Å². The highest BCUT2D eigenvalue weighted by Crippen LogP contribution is 2.45. The molecule has 620 valence electrons. The lowest BCUT2D eigenvalue weighted by Gasteiger charge is -2.21. The molecule has 0 aromatic heterocycles. The van der Waals surface area contributed by atoms with Gasteiger partial charge in [-0.1, -0.05) is 361 Å². The van der Waals surface area contributed by atoms with Gasteiger partial charge < -0.3 is 34.2 Å². The van der Waals surface area contributed by atoms with Crippen molar-refractivity contribution < 1.29 is 75.8 Å². The largest absolute Gasteiger partial charge is 0.472 e. The van der Waals surface area contributed by atoms with Crippen molar-refractivity contribution in [2.45, 2.75) is 399 Å². The molecule has 0 aromatic carbocycles. The van der Waals surface area contributed by atoms with Crippen molar-refractivity contribution in [3.8, 4) is 0 Å². The molecule has 0 bridgehead atoms. The summed E-state index contributed by atoms with van der Waals surface area (Å²) in [6.45, 7) is 2.58. The summed E-state index contributed by atoms with van der Waals surface area (Å²) in [5.41, 5.74) is 0. The van der Waals surface area contributed by atoms with Crippen LogP contribution in [-0.4, -0.2) is 95.9 Å². The van der Waals surface area contributed by atoms with Gasteiger partial charge in [0.2, 0.25) is 0 Å². The average Bonchev–Trinajstić information content (AvgIpc) is 0.940. The Morgan fingerprint density at radius 2 is 0.495 bits per heavy atom. The lowest BCUT2D eigenvalue weighted by atomic mass is 10.0. The minimum Gasteiger partial charge on any atom is -0.463 e. The molecule has 0 heterocycles. The molecule has 16 nitrogen and oxygen atoms in total. The molecule has 0 aromatic rings. The van der Waals surface area contributed by atoms with E-state index < -0.39 is 91.5 Å². The third kappa shape index (κ3) is 83.0. The first-order valence-corrected chi connectivity index (χ1v) is 46.2. The lowest BCUT2D eigenvalue weighted by molar-refractivity contribution is -0.161. The van der Waals surface area contributed by atoms with Crippen LogP contribution in [0.1, 0.15) is 380 Å². The molecule has 0 spiro atoms. The van der Waals surface area contributed by atoms with Gasteiger partial charge in [0.25, 0.3) is 0 Å². The van der Waals surface area contributed by atoms with Crippen LogP contribution < -0.4 is 0 Å². The maximum absolute atomic E-state index is 12.9. The van der Waals surface area contributed by atoms with Gasteiger partial charge in [-0.25, -0.2) is 9.13 Å². The summed E-state index contributed by atoms with van der Waals surface area (Å²) in [6.07, 6.45) is 97.3. The maximum Gasteiger partial charge on any atom is 0.472 e. The normalized spacial score (nSPS) is 14.4. The molecule has 0 aliphatic rings. The van der Waals surface area contributed by atoms with Crippen molar-refractivity contribution in [1.82, 2.24) is 0 Å². The first-order valence-electron chi connectivity index (χ1n) is 43.2. The Morgan fingerprint density at radius 1 is 0.271 bits per heavy atom. The van der Waals surface area contributed by atoms with Gasteiger partial charge in [-0.05, 0) is 109 Å². The zero-order valence-electron chi connectivity index (χ0n) is 68.0. The van der Waals surface area contributed by atoms with E-state index in [-0.39, 0.29) is 19.3 Å². The van der Waals surface area contributed by atoms with Gasteiger partial charge in [0.05, 0.1) is 26.4 Å². The Bertz CT molecular complexity index is 2380. The number of unbranched alkanes of at least 4 members (excludes halogenated alkanes) is 41. The lowest BCUT2D eigenvalue weighted by Crippen LogP contribution is -2.30. The minimum absolute atomic E-state index is 0.108. The quantitative estimate of drug-likeness (QED) is 0.0146. The van der Waals surface area contributed by atoms with Crippen molar-refractivity contribution in [3.63, 3.8) is 0 Å². The molecule has 4 N–H and O–H groups in total. The number of esters is 3. The molecule has 18 heteroatoms. The molecule has 107 heavy (non-hydrogen) atoms. The summed E-state index contributed by atoms with van der Waals surface area (Å²) in [5.74, 6) is -1.56. The van der Waals surface area contributed by atoms with Crippen molar-refractivity contribution in [2.24, 2.45) is 0 Å². The van der Waals surface area contributed by atoms with Crippen LogP contribution in [0.15, 0.2) is 109 Å². The smallest absolute Gasteiger partial charge is 0.463 e. The van der Waals surface area contributed by atoms with Crippen LogP contribution in [0.5, 0.6) is 0 Å². The molecule has 0 amide bonds. The number of phosphoric acid groups is 2. The molecule has 0 radical (unpaired) electrons. The van der Waals surface area contributed by atoms with Gasteiger partial charge in [-0.3, -0.25) is 32.5 Å². The van der Waals surface area contributed by atoms with E-state index >= 15 is 0 Å². The number of aliphatic hydroxyl groups is 2. The molecule has 0 saturated heterocycles. The number of aliphatic hydroxyl groups excluding tert-OH is 2. The van der Waals surface area contributed by atoms with Gasteiger partial charge in [-0.2, -0.15) is 0 Å². The Balaban J connectivity index is 4.35. The van der Waals surface area contributed by atoms with Crippen LogP contribution in [-0.2, 0) is 55.8 Å². The fourth-order valence-corrected chi connectivity index (χ4v) is 13.5. The zero-order valence-corrected chi connectivity index (χ0v) is 69.8. The second-order valence-corrected chi connectivity index (χ2v) is 31.9. The highest BCUT2D eigenvalue weighted by Gasteiger charge is 2.29. The first-order chi connectivity index (χ1) is 52.2. The summed E-state index contributed by atoms with van der Waals surface area (Å²) in [5, 5.41) is 20.7. The number of rotatable bonds is 82. The van der Waals surface area contributed by atoms with Crippen LogP contribution in [0.3, 0.4) is 0 Å². The van der Waals surface area contributed by atoms with Crippen molar-refractivity contribution >= 4 is 33.6 Å². The van der Waals surface area contributed by atoms with Crippen LogP contribution in [0.4, 0.5) is 0 Å². The Hall–Kier alpha value is -3.79. The van der Waals surface area contributed by atoms with Crippen molar-refractivity contribution in [1.29, 1.82) is 0 Å². The fourth-order valence-electron chi connectivity index (χ4n) is 11.9. The number of phosphoric ester groups is 2. The van der Waals surface area contributed by atoms with Gasteiger partial charge in [-0.15, -0.1) is 0 Å². The zero-order chi connectivity index (χ0) is 78.0. The van der Waals surface area contributed by atoms with Crippen molar-refractivity contribution in [3.05, 3.63) is 109 Å². The second-order valence-electron chi connectivity index (χ2n) is 29.0. The maximum atomic E-state index is 12.9. The topological polar surface area (TPSA) is 231 Å². The van der Waals surface area contributed by atoms with E-state index in [2.05, 4.69) is 130 Å². The highest BCUT2D eigenvalue weighted by molar-refractivity contribution is 7.47. The number of hydrogen-bond donors (Lipinski definition) is 4. The second kappa shape index (κ2) is 81.7. The molecule has 0 saturated carbocycles. The summed E-state index contributed by atoms with van der Waals surface area (Å²) >= 11 is 0. The van der Waals surface area contributed by atoms with E-state index in [0.717, 1.165) is 128 Å². The summed E-state index contributed by atoms with van der Waals surface area (Å²) in [4.78, 5) is 58.7. The van der Waals surface area contributed by atoms with Crippen molar-refractivity contribution in [2.75, 3.05) is 39.6 Å². The summed E-state index contributed by atoms with van der Waals surface area (Å²) in [6, 6.07) is 0. The third-order valence-electron chi connectivity index (χ3n) is 18.5. The Morgan fingerprint density at radius 3 is 0.804 bits per heavy atom. The Kier molecular flexibility index (Phi) is 78.8. The first kappa shape index (κ1) is 103. The summed E-state index contributed by atoms with van der Waals surface area (Å²) in [7, 11) is -9.78. The van der Waals surface area contributed by atoms with E-state index in [4.69, 9.17) is 32.3 Å². The third-order valence-corrected chi connectivity index (χ3v) is 20.4. The molecule has 0 rings (SSSR count). The number of ether oxygens (including phenoxy) is 3. The predicted molar refractivity (Wildman–Crippen MR) is 445 cm³/mol. The van der Waals surface area contributed by atoms with Crippen LogP contribution in [0, 0.1) is 0 Å². The van der Waals surface area contributed by atoms with Gasteiger partial charge in [0.15, 0.2) is 6.10 Å². The van der Waals surface area contributed by atoms with E-state index in [1.54, 1.807) is 0 Å². The predicted octanol–water partition coefficient (Wildman–Crippen LogP) is 25.9. The van der Waals surface area contributed by atoms with Crippen LogP contribution in [0.2, 0.25) is 0 Å². The molecule has 0 aliphatic carbocycles. The number of hydrogen-bond acceptors (Lipinski definition) is 14. The average molecular weight is 1550 g/mol. The Labute approximate surface area is 653 Å². The monoisotopic (exact) mass is 1550 g/mol. The van der Waals surface area contributed by atoms with E-state index in [1.165, 1.54) is 193 Å². The number of carbonyl (C=O) groups is 3. The van der Waals surface area contributed by atoms with Crippen LogP contribution in [0.25, 0.3) is 0 Å². The van der Waals surface area contributed by atoms with E-state index in [9.17, 15) is 43.5 Å². The van der Waals surface area contributed by atoms with Gasteiger partial charge in [0, 0.05) is 19.3 Å². The molecule has 5 unspecified atom stereocenters. The summed E-state index contributed by atoms with van der Waals surface area (Å²) < 4.78 is 61.2. The number of carbonyl (C=O) groups excluding carboxylic acids is 3.